The van der Waals surface area contributed by atoms with Crippen LogP contribution in [-0.4, -0.2) is 16.9 Å². The molecule has 1 aromatic carbocycles. The van der Waals surface area contributed by atoms with Crippen molar-refractivity contribution in [1.82, 2.24) is 0 Å². The van der Waals surface area contributed by atoms with Gasteiger partial charge in [-0.25, -0.2) is 4.90 Å². The number of amides is 2. The van der Waals surface area contributed by atoms with Gasteiger partial charge in [0.2, 0.25) is 11.8 Å². The molecule has 1 N–H and O–H groups in total. The number of aryl methyl sites for hydroxylation is 1. The third-order valence-electron chi connectivity index (χ3n) is 4.29. The van der Waals surface area contributed by atoms with Crippen LogP contribution in [0.25, 0.3) is 0 Å². The Balaban J connectivity index is 1.98. The van der Waals surface area contributed by atoms with Crippen molar-refractivity contribution >= 4 is 17.5 Å². The van der Waals surface area contributed by atoms with E-state index >= 15 is 0 Å². The summed E-state index contributed by atoms with van der Waals surface area (Å²) in [5.41, 5.74) is 1.23. The van der Waals surface area contributed by atoms with E-state index in [4.69, 9.17) is 0 Å². The number of nitrogens with zero attached hydrogens (tertiary/aromatic N) is 1. The molecule has 0 radical (unpaired) electrons. The van der Waals surface area contributed by atoms with Crippen LogP contribution in [0.5, 0.6) is 5.75 Å². The Kier molecular flexibility index (Phi) is 2.81. The van der Waals surface area contributed by atoms with Crippen molar-refractivity contribution in [3.63, 3.8) is 0 Å². The lowest BCUT2D eigenvalue weighted by Crippen LogP contribution is -2.30. The molecule has 2 atom stereocenters. The lowest BCUT2D eigenvalue weighted by Gasteiger charge is -2.19. The Morgan fingerprint density at radius 2 is 1.68 bits per heavy atom. The van der Waals surface area contributed by atoms with E-state index in [2.05, 4.69) is 0 Å². The smallest absolute Gasteiger partial charge is 0.237 e. The largest absolute Gasteiger partial charge is 0.508 e. The van der Waals surface area contributed by atoms with E-state index in [1.54, 1.807) is 19.1 Å². The number of hydrogen-bond donors (Lipinski definition) is 1. The van der Waals surface area contributed by atoms with Crippen LogP contribution in [-0.2, 0) is 9.59 Å². The normalized spacial score (nSPS) is 26.7. The quantitative estimate of drug-likeness (QED) is 0.788. The number of aromatic hydroxyl groups is 1. The van der Waals surface area contributed by atoms with Crippen LogP contribution in [0.2, 0.25) is 0 Å². The van der Waals surface area contributed by atoms with Crippen molar-refractivity contribution in [2.45, 2.75) is 32.6 Å². The van der Waals surface area contributed by atoms with Crippen LogP contribution in [0.15, 0.2) is 18.2 Å². The van der Waals surface area contributed by atoms with Gasteiger partial charge in [0.05, 0.1) is 17.5 Å². The molecule has 1 aliphatic carbocycles. The molecular formula is C15H17NO3. The molecule has 2 aliphatic rings. The maximum Gasteiger partial charge on any atom is 0.237 e. The number of benzene rings is 1. The van der Waals surface area contributed by atoms with E-state index in [1.165, 1.54) is 11.0 Å². The molecular weight excluding hydrogens is 242 g/mol. The number of carbonyl (C=O) groups is 2. The van der Waals surface area contributed by atoms with Gasteiger partial charge in [0.1, 0.15) is 5.75 Å². The Hall–Kier alpha value is -1.84. The van der Waals surface area contributed by atoms with Gasteiger partial charge in [-0.3, -0.25) is 9.59 Å². The Morgan fingerprint density at radius 3 is 2.21 bits per heavy atom. The molecule has 0 bridgehead atoms. The van der Waals surface area contributed by atoms with E-state index in [0.29, 0.717) is 5.69 Å². The van der Waals surface area contributed by atoms with Crippen molar-refractivity contribution in [2.75, 3.05) is 4.90 Å². The van der Waals surface area contributed by atoms with Crippen molar-refractivity contribution in [2.24, 2.45) is 11.8 Å². The summed E-state index contributed by atoms with van der Waals surface area (Å²) in [5, 5.41) is 9.74. The highest BCUT2D eigenvalue weighted by Gasteiger charge is 2.48. The molecule has 1 heterocycles. The highest BCUT2D eigenvalue weighted by Crippen LogP contribution is 2.40. The minimum atomic E-state index is -0.148. The minimum Gasteiger partial charge on any atom is -0.508 e. The molecule has 0 aromatic heterocycles. The van der Waals surface area contributed by atoms with Gasteiger partial charge >= 0.3 is 0 Å². The van der Waals surface area contributed by atoms with Crippen LogP contribution in [0.3, 0.4) is 0 Å². The minimum absolute atomic E-state index is 0.0991. The van der Waals surface area contributed by atoms with Crippen LogP contribution in [0, 0.1) is 18.8 Å². The van der Waals surface area contributed by atoms with Gasteiger partial charge in [-0.05, 0) is 31.4 Å². The number of fused-ring (bicyclic) bond motifs is 1. The van der Waals surface area contributed by atoms with Gasteiger partial charge in [0, 0.05) is 6.07 Å². The van der Waals surface area contributed by atoms with Crippen LogP contribution >= 0.6 is 0 Å². The van der Waals surface area contributed by atoms with Crippen molar-refractivity contribution in [3.05, 3.63) is 23.8 Å². The maximum atomic E-state index is 12.4. The summed E-state index contributed by atoms with van der Waals surface area (Å²) in [5.74, 6) is -0.377. The number of rotatable bonds is 1. The maximum absolute atomic E-state index is 12.4. The molecule has 2 unspecified atom stereocenters. The zero-order valence-electron chi connectivity index (χ0n) is 10.9. The number of imide groups is 1. The van der Waals surface area contributed by atoms with Crippen LogP contribution < -0.4 is 4.90 Å². The molecule has 1 saturated carbocycles. The zero-order chi connectivity index (χ0) is 13.6. The summed E-state index contributed by atoms with van der Waals surface area (Å²) in [4.78, 5) is 26.0. The predicted molar refractivity (Wildman–Crippen MR) is 70.8 cm³/mol. The Bertz CT molecular complexity index is 528. The fourth-order valence-corrected chi connectivity index (χ4v) is 3.15. The van der Waals surface area contributed by atoms with Gasteiger partial charge in [-0.15, -0.1) is 0 Å². The second kappa shape index (κ2) is 4.37. The third-order valence-corrected chi connectivity index (χ3v) is 4.29. The number of phenolic OH excluding ortho intramolecular Hbond substituents is 1. The summed E-state index contributed by atoms with van der Waals surface area (Å²) >= 11 is 0. The predicted octanol–water partition coefficient (Wildman–Crippen LogP) is 2.38. The topological polar surface area (TPSA) is 57.6 Å². The molecule has 0 spiro atoms. The van der Waals surface area contributed by atoms with E-state index in [9.17, 15) is 14.7 Å². The number of hydrogen-bond acceptors (Lipinski definition) is 3. The average Bonchev–Trinajstić information content (AvgIpc) is 2.66. The summed E-state index contributed by atoms with van der Waals surface area (Å²) in [6, 6.07) is 4.96. The van der Waals surface area contributed by atoms with Gasteiger partial charge in [0.25, 0.3) is 0 Å². The molecule has 4 nitrogen and oxygen atoms in total. The second-order valence-electron chi connectivity index (χ2n) is 5.48. The van der Waals surface area contributed by atoms with E-state index < -0.39 is 0 Å². The highest BCUT2D eigenvalue weighted by molar-refractivity contribution is 6.22. The number of phenols is 1. The molecule has 2 fully saturated rings. The molecule has 1 saturated heterocycles. The zero-order valence-corrected chi connectivity index (χ0v) is 10.9. The average molecular weight is 259 g/mol. The van der Waals surface area contributed by atoms with Crippen LogP contribution in [0.4, 0.5) is 5.69 Å². The fraction of sp³-hybridized carbons (Fsp3) is 0.467. The molecule has 1 aliphatic heterocycles. The van der Waals surface area contributed by atoms with Gasteiger partial charge < -0.3 is 5.11 Å². The molecule has 100 valence electrons. The highest BCUT2D eigenvalue weighted by atomic mass is 16.3. The van der Waals surface area contributed by atoms with Crippen LogP contribution in [0.1, 0.15) is 31.2 Å². The molecule has 1 aromatic rings. The van der Waals surface area contributed by atoms with E-state index in [-0.39, 0.29) is 29.4 Å². The molecule has 2 amide bonds. The molecule has 19 heavy (non-hydrogen) atoms. The number of anilines is 1. The molecule has 3 rings (SSSR count). The Labute approximate surface area is 112 Å². The van der Waals surface area contributed by atoms with Crippen molar-refractivity contribution < 1.29 is 14.7 Å². The first kappa shape index (κ1) is 12.2. The first-order valence-corrected chi connectivity index (χ1v) is 6.77. The summed E-state index contributed by atoms with van der Waals surface area (Å²) in [7, 11) is 0. The standard InChI is InChI=1S/C15H17NO3/c1-9-6-7-10(8-13(9)17)16-14(18)11-4-2-3-5-12(11)15(16)19/h6-8,11-12,17H,2-5H2,1H3. The second-order valence-corrected chi connectivity index (χ2v) is 5.48. The first-order chi connectivity index (χ1) is 9.09. The van der Waals surface area contributed by atoms with Gasteiger partial charge in [-0.1, -0.05) is 18.9 Å². The first-order valence-electron chi connectivity index (χ1n) is 6.77. The van der Waals surface area contributed by atoms with Crippen molar-refractivity contribution in [3.8, 4) is 5.75 Å². The van der Waals surface area contributed by atoms with Gasteiger partial charge in [-0.2, -0.15) is 0 Å². The SMILES string of the molecule is Cc1ccc(N2C(=O)C3CCCCC3C2=O)cc1O. The fourth-order valence-electron chi connectivity index (χ4n) is 3.15. The lowest BCUT2D eigenvalue weighted by molar-refractivity contribution is -0.122. The molecule has 4 heteroatoms. The monoisotopic (exact) mass is 259 g/mol. The third kappa shape index (κ3) is 1.82. The number of carbonyl (C=O) groups excluding carboxylic acids is 2. The summed E-state index contributed by atoms with van der Waals surface area (Å²) in [6.07, 6.45) is 3.66. The summed E-state index contributed by atoms with van der Waals surface area (Å²) in [6.45, 7) is 1.78. The Morgan fingerprint density at radius 1 is 1.11 bits per heavy atom. The van der Waals surface area contributed by atoms with E-state index in [0.717, 1.165) is 31.2 Å². The van der Waals surface area contributed by atoms with Gasteiger partial charge in [0.15, 0.2) is 0 Å². The van der Waals surface area contributed by atoms with Crippen molar-refractivity contribution in [1.29, 1.82) is 0 Å². The van der Waals surface area contributed by atoms with E-state index in [1.807, 2.05) is 0 Å². The lowest BCUT2D eigenvalue weighted by atomic mass is 9.81. The summed E-state index contributed by atoms with van der Waals surface area (Å²) < 4.78 is 0.